The van der Waals surface area contributed by atoms with E-state index in [1.165, 1.54) is 19.3 Å². The molecule has 0 bridgehead atoms. The Hall–Kier alpha value is -2.45. The Morgan fingerprint density at radius 2 is 1.85 bits per heavy atom. The Bertz CT molecular complexity index is 959. The van der Waals surface area contributed by atoms with Crippen LogP contribution in [0.3, 0.4) is 0 Å². The van der Waals surface area contributed by atoms with Gasteiger partial charge in [-0.25, -0.2) is 4.90 Å². The van der Waals surface area contributed by atoms with Crippen LogP contribution >= 0.6 is 23.4 Å². The number of methoxy groups -OCH3 is 1. The van der Waals surface area contributed by atoms with E-state index in [-0.39, 0.29) is 10.6 Å². The van der Waals surface area contributed by atoms with Crippen LogP contribution in [0.2, 0.25) is 5.02 Å². The molecule has 2 aromatic carbocycles. The van der Waals surface area contributed by atoms with Crippen molar-refractivity contribution in [3.63, 3.8) is 0 Å². The summed E-state index contributed by atoms with van der Waals surface area (Å²) in [6.07, 6.45) is -3.24. The van der Waals surface area contributed by atoms with Crippen LogP contribution < -0.4 is 9.64 Å². The van der Waals surface area contributed by atoms with Gasteiger partial charge in [-0.15, -0.1) is 0 Å². The maximum absolute atomic E-state index is 13.1. The second-order valence-electron chi connectivity index (χ2n) is 5.42. The number of halogens is 4. The summed E-state index contributed by atoms with van der Waals surface area (Å²) in [6.45, 7) is 0. The van der Waals surface area contributed by atoms with E-state index in [1.807, 2.05) is 0 Å². The van der Waals surface area contributed by atoms with Gasteiger partial charge in [0.25, 0.3) is 11.1 Å². The lowest BCUT2D eigenvalue weighted by atomic mass is 10.1. The summed E-state index contributed by atoms with van der Waals surface area (Å²) in [5.41, 5.74) is -0.746. The van der Waals surface area contributed by atoms with Gasteiger partial charge >= 0.3 is 6.18 Å². The van der Waals surface area contributed by atoms with Gasteiger partial charge in [-0.1, -0.05) is 29.8 Å². The first-order valence-electron chi connectivity index (χ1n) is 7.50. The standard InChI is InChI=1S/C18H11ClF3NO3S/c1-26-14-5-3-2-4-10(14)8-15-16(24)23(17(25)27-15)11-6-7-13(19)12(9-11)18(20,21)22/h2-9H,1H3/b15-8-. The molecule has 0 unspecified atom stereocenters. The van der Waals surface area contributed by atoms with Gasteiger partial charge in [-0.3, -0.25) is 9.59 Å². The number of imide groups is 1. The van der Waals surface area contributed by atoms with Gasteiger partial charge in [0.2, 0.25) is 0 Å². The quantitative estimate of drug-likeness (QED) is 0.614. The topological polar surface area (TPSA) is 46.6 Å². The number of hydrogen-bond donors (Lipinski definition) is 0. The lowest BCUT2D eigenvalue weighted by Gasteiger charge is -2.16. The molecule has 27 heavy (non-hydrogen) atoms. The molecule has 1 aliphatic rings. The number of thioether (sulfide) groups is 1. The number of nitrogens with zero attached hydrogens (tertiary/aromatic N) is 1. The highest BCUT2D eigenvalue weighted by Crippen LogP contribution is 2.41. The summed E-state index contributed by atoms with van der Waals surface area (Å²) in [7, 11) is 1.46. The van der Waals surface area contributed by atoms with E-state index in [4.69, 9.17) is 16.3 Å². The minimum atomic E-state index is -4.71. The molecular formula is C18H11ClF3NO3S. The summed E-state index contributed by atoms with van der Waals surface area (Å²) >= 11 is 6.23. The minimum absolute atomic E-state index is 0.0769. The Balaban J connectivity index is 1.99. The molecule has 9 heteroatoms. The molecule has 0 aromatic heterocycles. The van der Waals surface area contributed by atoms with Crippen molar-refractivity contribution < 1.29 is 27.5 Å². The molecule has 2 aromatic rings. The first kappa shape index (κ1) is 19.3. The maximum atomic E-state index is 13.1. The summed E-state index contributed by atoms with van der Waals surface area (Å²) in [5, 5.41) is -1.21. The van der Waals surface area contributed by atoms with Gasteiger partial charge < -0.3 is 4.74 Å². The number of hydrogen-bond acceptors (Lipinski definition) is 4. The lowest BCUT2D eigenvalue weighted by Crippen LogP contribution is -2.28. The van der Waals surface area contributed by atoms with Crippen molar-refractivity contribution in [2.75, 3.05) is 12.0 Å². The number of carbonyl (C=O) groups excluding carboxylic acids is 2. The van der Waals surface area contributed by atoms with E-state index in [1.54, 1.807) is 24.3 Å². The fraction of sp³-hybridized carbons (Fsp3) is 0.111. The van der Waals surface area contributed by atoms with Crippen molar-refractivity contribution in [3.8, 4) is 5.75 Å². The third-order valence-corrected chi connectivity index (χ3v) is 4.93. The molecule has 3 rings (SSSR count). The van der Waals surface area contributed by atoms with Crippen LogP contribution in [0.5, 0.6) is 5.75 Å². The van der Waals surface area contributed by atoms with E-state index < -0.39 is 27.9 Å². The van der Waals surface area contributed by atoms with E-state index in [0.29, 0.717) is 34.0 Å². The van der Waals surface area contributed by atoms with Crippen LogP contribution in [-0.2, 0) is 11.0 Å². The lowest BCUT2D eigenvalue weighted by molar-refractivity contribution is -0.137. The van der Waals surface area contributed by atoms with Crippen LogP contribution in [0.1, 0.15) is 11.1 Å². The molecule has 0 N–H and O–H groups in total. The third kappa shape index (κ3) is 3.81. The van der Waals surface area contributed by atoms with Crippen LogP contribution in [0.4, 0.5) is 23.7 Å². The number of alkyl halides is 3. The molecule has 1 aliphatic heterocycles. The number of anilines is 1. The Morgan fingerprint density at radius 1 is 1.15 bits per heavy atom. The van der Waals surface area contributed by atoms with Crippen molar-refractivity contribution in [1.82, 2.24) is 0 Å². The van der Waals surface area contributed by atoms with Gasteiger partial charge in [0, 0.05) is 5.56 Å². The van der Waals surface area contributed by atoms with Crippen molar-refractivity contribution in [1.29, 1.82) is 0 Å². The molecule has 0 aliphatic carbocycles. The summed E-state index contributed by atoms with van der Waals surface area (Å²) in [4.78, 5) is 25.7. The fourth-order valence-electron chi connectivity index (χ4n) is 2.49. The SMILES string of the molecule is COc1ccccc1/C=C1\SC(=O)N(c2ccc(Cl)c(C(F)(F)F)c2)C1=O. The number of rotatable bonds is 3. The normalized spacial score (nSPS) is 16.3. The molecule has 2 amide bonds. The summed E-state index contributed by atoms with van der Waals surface area (Å²) < 4.78 is 44.4. The number of para-hydroxylation sites is 1. The second kappa shape index (κ2) is 7.28. The monoisotopic (exact) mass is 413 g/mol. The fourth-order valence-corrected chi connectivity index (χ4v) is 3.54. The Labute approximate surface area is 161 Å². The van der Waals surface area contributed by atoms with Crippen molar-refractivity contribution >= 4 is 46.3 Å². The molecule has 140 valence electrons. The molecular weight excluding hydrogens is 403 g/mol. The number of ether oxygens (including phenoxy) is 1. The highest BCUT2D eigenvalue weighted by atomic mass is 35.5. The van der Waals surface area contributed by atoms with Crippen molar-refractivity contribution in [2.24, 2.45) is 0 Å². The largest absolute Gasteiger partial charge is 0.496 e. The minimum Gasteiger partial charge on any atom is -0.496 e. The molecule has 0 atom stereocenters. The highest BCUT2D eigenvalue weighted by Gasteiger charge is 2.39. The van der Waals surface area contributed by atoms with Crippen LogP contribution in [0.25, 0.3) is 6.08 Å². The predicted molar refractivity (Wildman–Crippen MR) is 97.9 cm³/mol. The molecule has 0 spiro atoms. The number of carbonyl (C=O) groups is 2. The van der Waals surface area contributed by atoms with Gasteiger partial charge in [-0.2, -0.15) is 13.2 Å². The van der Waals surface area contributed by atoms with Gasteiger partial charge in [0.1, 0.15) is 5.75 Å². The van der Waals surface area contributed by atoms with E-state index in [0.717, 1.165) is 6.07 Å². The first-order chi connectivity index (χ1) is 12.7. The zero-order valence-corrected chi connectivity index (χ0v) is 15.3. The zero-order chi connectivity index (χ0) is 19.8. The maximum Gasteiger partial charge on any atom is 0.417 e. The third-order valence-electron chi connectivity index (χ3n) is 3.73. The first-order valence-corrected chi connectivity index (χ1v) is 8.69. The highest BCUT2D eigenvalue weighted by molar-refractivity contribution is 8.19. The predicted octanol–water partition coefficient (Wildman–Crippen LogP) is 5.61. The average molecular weight is 414 g/mol. The Kier molecular flexibility index (Phi) is 5.21. The van der Waals surface area contributed by atoms with Gasteiger partial charge in [-0.05, 0) is 42.1 Å². The number of amides is 2. The van der Waals surface area contributed by atoms with Crippen LogP contribution in [0.15, 0.2) is 47.4 Å². The second-order valence-corrected chi connectivity index (χ2v) is 6.82. The van der Waals surface area contributed by atoms with Crippen molar-refractivity contribution in [2.45, 2.75) is 6.18 Å². The van der Waals surface area contributed by atoms with E-state index in [2.05, 4.69) is 0 Å². The van der Waals surface area contributed by atoms with Crippen LogP contribution in [-0.4, -0.2) is 18.3 Å². The van der Waals surface area contributed by atoms with E-state index >= 15 is 0 Å². The van der Waals surface area contributed by atoms with Crippen LogP contribution in [0, 0.1) is 0 Å². The van der Waals surface area contributed by atoms with Gasteiger partial charge in [0.05, 0.1) is 28.3 Å². The zero-order valence-electron chi connectivity index (χ0n) is 13.7. The van der Waals surface area contributed by atoms with Crippen molar-refractivity contribution in [3.05, 3.63) is 63.5 Å². The molecule has 1 saturated heterocycles. The number of benzene rings is 2. The van der Waals surface area contributed by atoms with Gasteiger partial charge in [0.15, 0.2) is 0 Å². The average Bonchev–Trinajstić information content (AvgIpc) is 2.89. The smallest absolute Gasteiger partial charge is 0.417 e. The molecule has 1 heterocycles. The summed E-state index contributed by atoms with van der Waals surface area (Å²) in [6, 6.07) is 9.74. The summed E-state index contributed by atoms with van der Waals surface area (Å²) in [5.74, 6) is -0.221. The molecule has 0 radical (unpaired) electrons. The molecule has 0 saturated carbocycles. The van der Waals surface area contributed by atoms with E-state index in [9.17, 15) is 22.8 Å². The Morgan fingerprint density at radius 3 is 2.52 bits per heavy atom. The molecule has 1 fully saturated rings. The molecule has 4 nitrogen and oxygen atoms in total.